The van der Waals surface area contributed by atoms with Gasteiger partial charge in [0.05, 0.1) is 11.4 Å². The fourth-order valence-corrected chi connectivity index (χ4v) is 13.1. The van der Waals surface area contributed by atoms with Crippen molar-refractivity contribution in [3.63, 3.8) is 0 Å². The molecule has 1 aliphatic heterocycles. The Morgan fingerprint density at radius 1 is 0.354 bits per heavy atom. The van der Waals surface area contributed by atoms with Gasteiger partial charge >= 0.3 is 0 Å². The van der Waals surface area contributed by atoms with Crippen LogP contribution in [0.2, 0.25) is 0 Å². The van der Waals surface area contributed by atoms with Crippen molar-refractivity contribution in [2.75, 3.05) is 4.90 Å². The van der Waals surface area contributed by atoms with Crippen LogP contribution in [0.3, 0.4) is 0 Å². The molecule has 0 unspecified atom stereocenters. The largest absolute Gasteiger partial charge is 0.309 e. The van der Waals surface area contributed by atoms with Gasteiger partial charge in [-0.1, -0.05) is 151 Å². The van der Waals surface area contributed by atoms with Gasteiger partial charge in [-0.05, 0) is 48.5 Å². The Balaban J connectivity index is 1.32. The van der Waals surface area contributed by atoms with Crippen LogP contribution in [0, 0.1) is 0 Å². The van der Waals surface area contributed by atoms with E-state index in [-0.39, 0.29) is 0 Å². The predicted molar refractivity (Wildman–Crippen MR) is 204 cm³/mol. The summed E-state index contributed by atoms with van der Waals surface area (Å²) in [5.74, 6) is 0. The molecule has 48 heavy (non-hydrogen) atoms. The third kappa shape index (κ3) is 5.18. The molecule has 0 saturated carbocycles. The molecule has 6 heteroatoms. The minimum absolute atomic E-state index is 0.776. The molecule has 0 spiro atoms. The Hall–Kier alpha value is -4.85. The van der Waals surface area contributed by atoms with Crippen LogP contribution in [0.15, 0.2) is 198 Å². The van der Waals surface area contributed by atoms with Crippen molar-refractivity contribution >= 4 is 74.9 Å². The van der Waals surface area contributed by atoms with E-state index in [1.807, 2.05) is 152 Å². The lowest BCUT2D eigenvalue weighted by Crippen LogP contribution is -2.27. The Morgan fingerprint density at radius 2 is 0.667 bits per heavy atom. The van der Waals surface area contributed by atoms with Crippen LogP contribution >= 0.6 is 26.0 Å². The third-order valence-corrected chi connectivity index (χ3v) is 16.0. The highest BCUT2D eigenvalue weighted by molar-refractivity contribution is 8.00. The van der Waals surface area contributed by atoms with Crippen molar-refractivity contribution in [3.8, 4) is 0 Å². The smallest absolute Gasteiger partial charge is 0.171 e. The summed E-state index contributed by atoms with van der Waals surface area (Å²) in [4.78, 5) is 4.23. The maximum atomic E-state index is 15.3. The second kappa shape index (κ2) is 12.6. The van der Waals surface area contributed by atoms with E-state index in [2.05, 4.69) is 41.3 Å². The summed E-state index contributed by atoms with van der Waals surface area (Å²) in [5, 5.41) is 4.74. The SMILES string of the molecule is O=P(c1ccccc1)(c1ccccc1)c1ccc2c(c1)Sc1cc(P(=O)(c3ccccc3)c3ccccc3)ccc1N2c1ccccc1. The second-order valence-corrected chi connectivity index (χ2v) is 18.3. The summed E-state index contributed by atoms with van der Waals surface area (Å²) in [6.07, 6.45) is 0. The predicted octanol–water partition coefficient (Wildman–Crippen LogP) is 8.90. The van der Waals surface area contributed by atoms with Crippen LogP contribution < -0.4 is 36.7 Å². The van der Waals surface area contributed by atoms with E-state index in [0.717, 1.165) is 58.7 Å². The van der Waals surface area contributed by atoms with Crippen molar-refractivity contribution in [1.29, 1.82) is 0 Å². The molecule has 7 aromatic rings. The number of hydrogen-bond donors (Lipinski definition) is 0. The lowest BCUT2D eigenvalue weighted by Gasteiger charge is -2.34. The molecule has 0 aromatic heterocycles. The quantitative estimate of drug-likeness (QED) is 0.158. The van der Waals surface area contributed by atoms with Gasteiger partial charge in [-0.25, -0.2) is 0 Å². The first-order valence-corrected chi connectivity index (χ1v) is 20.0. The maximum Gasteiger partial charge on any atom is 0.171 e. The average Bonchev–Trinajstić information content (AvgIpc) is 3.17. The molecule has 232 valence electrons. The fourth-order valence-electron chi connectivity index (χ4n) is 6.48. The van der Waals surface area contributed by atoms with Gasteiger partial charge < -0.3 is 14.0 Å². The van der Waals surface area contributed by atoms with Gasteiger partial charge in [0.1, 0.15) is 0 Å². The molecule has 0 radical (unpaired) electrons. The molecule has 0 fully saturated rings. The Morgan fingerprint density at radius 3 is 1.00 bits per heavy atom. The fraction of sp³-hybridized carbons (Fsp3) is 0. The standard InChI is InChI=1S/C42H31NO2P2S/c44-46(33-18-8-2-9-19-33,34-20-10-3-11-21-34)37-26-28-39-41(30-37)48-42-31-38(27-29-40(42)43(39)32-16-6-1-7-17-32)47(45,35-22-12-4-13-23-35)36-24-14-5-15-25-36/h1-31H. The van der Waals surface area contributed by atoms with E-state index in [1.165, 1.54) is 0 Å². The minimum Gasteiger partial charge on any atom is -0.309 e. The number of nitrogens with zero attached hydrogens (tertiary/aromatic N) is 1. The zero-order valence-corrected chi connectivity index (χ0v) is 28.6. The summed E-state index contributed by atoms with van der Waals surface area (Å²) >= 11 is 1.64. The highest BCUT2D eigenvalue weighted by atomic mass is 32.2. The first kappa shape index (κ1) is 30.5. The Labute approximate surface area is 285 Å². The minimum atomic E-state index is -3.19. The molecule has 1 heterocycles. The topological polar surface area (TPSA) is 37.4 Å². The van der Waals surface area contributed by atoms with Gasteiger partial charge in [0, 0.05) is 47.3 Å². The molecular formula is C42H31NO2P2S. The van der Waals surface area contributed by atoms with Gasteiger partial charge in [0.25, 0.3) is 0 Å². The summed E-state index contributed by atoms with van der Waals surface area (Å²) in [7, 11) is -6.38. The lowest BCUT2D eigenvalue weighted by atomic mass is 10.2. The van der Waals surface area contributed by atoms with E-state index in [9.17, 15) is 0 Å². The molecule has 0 atom stereocenters. The van der Waals surface area contributed by atoms with E-state index in [0.29, 0.717) is 0 Å². The van der Waals surface area contributed by atoms with Gasteiger partial charge in [0.15, 0.2) is 14.3 Å². The van der Waals surface area contributed by atoms with Crippen LogP contribution in [-0.2, 0) is 9.13 Å². The van der Waals surface area contributed by atoms with Crippen molar-refractivity contribution in [2.24, 2.45) is 0 Å². The molecule has 3 nitrogen and oxygen atoms in total. The summed E-state index contributed by atoms with van der Waals surface area (Å²) < 4.78 is 30.7. The van der Waals surface area contributed by atoms with Crippen molar-refractivity contribution < 1.29 is 9.13 Å². The van der Waals surface area contributed by atoms with E-state index >= 15 is 9.13 Å². The molecule has 0 saturated heterocycles. The molecular weight excluding hydrogens is 644 g/mol. The van der Waals surface area contributed by atoms with Crippen LogP contribution in [0.4, 0.5) is 17.1 Å². The molecule has 0 amide bonds. The Bertz CT molecular complexity index is 2080. The third-order valence-electron chi connectivity index (χ3n) is 8.81. The van der Waals surface area contributed by atoms with Crippen molar-refractivity contribution in [1.82, 2.24) is 0 Å². The molecule has 0 N–H and O–H groups in total. The van der Waals surface area contributed by atoms with Gasteiger partial charge in [0.2, 0.25) is 0 Å². The Kier molecular flexibility index (Phi) is 8.03. The van der Waals surface area contributed by atoms with Crippen molar-refractivity contribution in [2.45, 2.75) is 9.79 Å². The maximum absolute atomic E-state index is 15.3. The highest BCUT2D eigenvalue weighted by Gasteiger charge is 2.35. The molecule has 8 rings (SSSR count). The van der Waals surface area contributed by atoms with Crippen LogP contribution in [-0.4, -0.2) is 0 Å². The highest BCUT2D eigenvalue weighted by Crippen LogP contribution is 2.54. The lowest BCUT2D eigenvalue weighted by molar-refractivity contribution is 0.591. The monoisotopic (exact) mass is 675 g/mol. The van der Waals surface area contributed by atoms with E-state index in [4.69, 9.17) is 0 Å². The number of para-hydroxylation sites is 1. The molecule has 7 aromatic carbocycles. The number of rotatable bonds is 7. The van der Waals surface area contributed by atoms with Gasteiger partial charge in [-0.3, -0.25) is 0 Å². The average molecular weight is 676 g/mol. The molecule has 1 aliphatic rings. The second-order valence-electron chi connectivity index (χ2n) is 11.6. The van der Waals surface area contributed by atoms with Gasteiger partial charge in [-0.15, -0.1) is 0 Å². The number of benzene rings is 7. The number of hydrogen-bond acceptors (Lipinski definition) is 4. The zero-order valence-electron chi connectivity index (χ0n) is 26.0. The number of anilines is 3. The normalized spacial score (nSPS) is 12.6. The van der Waals surface area contributed by atoms with Crippen molar-refractivity contribution in [3.05, 3.63) is 188 Å². The van der Waals surface area contributed by atoms with E-state index < -0.39 is 14.3 Å². The zero-order chi connectivity index (χ0) is 32.6. The molecule has 0 aliphatic carbocycles. The van der Waals surface area contributed by atoms with Crippen LogP contribution in [0.25, 0.3) is 0 Å². The van der Waals surface area contributed by atoms with Crippen LogP contribution in [0.5, 0.6) is 0 Å². The van der Waals surface area contributed by atoms with Gasteiger partial charge in [-0.2, -0.15) is 0 Å². The summed E-state index contributed by atoms with van der Waals surface area (Å²) in [5.41, 5.74) is 3.04. The first-order chi connectivity index (χ1) is 23.6. The first-order valence-electron chi connectivity index (χ1n) is 15.8. The van der Waals surface area contributed by atoms with E-state index in [1.54, 1.807) is 11.8 Å². The summed E-state index contributed by atoms with van der Waals surface area (Å²) in [6, 6.07) is 61.8. The van der Waals surface area contributed by atoms with Crippen LogP contribution in [0.1, 0.15) is 0 Å². The molecule has 0 bridgehead atoms. The number of fused-ring (bicyclic) bond motifs is 2. The summed E-state index contributed by atoms with van der Waals surface area (Å²) in [6.45, 7) is 0.